The highest BCUT2D eigenvalue weighted by Crippen LogP contribution is 2.26. The van der Waals surface area contributed by atoms with Gasteiger partial charge in [0.1, 0.15) is 5.25 Å². The van der Waals surface area contributed by atoms with E-state index in [1.54, 1.807) is 0 Å². The maximum atomic E-state index is 12.2. The summed E-state index contributed by atoms with van der Waals surface area (Å²) in [6, 6.07) is 16.9. The predicted molar refractivity (Wildman–Crippen MR) is 105 cm³/mol. The normalized spacial score (nSPS) is 18.5. The Hall–Kier alpha value is -1.87. The molecule has 24 heavy (non-hydrogen) atoms. The first-order valence-electron chi connectivity index (χ1n) is 7.27. The van der Waals surface area contributed by atoms with E-state index < -0.39 is 5.25 Å². The first-order chi connectivity index (χ1) is 11.6. The number of amidine groups is 1. The topological polar surface area (TPSA) is 70.6 Å². The number of aliphatic imine (C=N–C) groups is 1. The lowest BCUT2D eigenvalue weighted by molar-refractivity contribution is -0.122. The summed E-state index contributed by atoms with van der Waals surface area (Å²) in [5, 5.41) is 5.63. The first-order valence-corrected chi connectivity index (χ1v) is 9.23. The van der Waals surface area contributed by atoms with Gasteiger partial charge in [0.25, 0.3) is 0 Å². The Morgan fingerprint density at radius 2 is 1.88 bits per heavy atom. The summed E-state index contributed by atoms with van der Waals surface area (Å²) in [6.07, 6.45) is 0.106. The Morgan fingerprint density at radius 1 is 1.17 bits per heavy atom. The Balaban J connectivity index is 1.62. The second kappa shape index (κ2) is 7.80. The molecule has 2 aromatic carbocycles. The molecule has 0 bridgehead atoms. The van der Waals surface area contributed by atoms with Crippen LogP contribution in [0.1, 0.15) is 6.42 Å². The molecule has 1 aliphatic rings. The van der Waals surface area contributed by atoms with Gasteiger partial charge < -0.3 is 10.6 Å². The van der Waals surface area contributed by atoms with Gasteiger partial charge in [-0.3, -0.25) is 9.59 Å². The molecule has 5 nitrogen and oxygen atoms in total. The van der Waals surface area contributed by atoms with E-state index in [0.717, 1.165) is 14.9 Å². The van der Waals surface area contributed by atoms with E-state index in [-0.39, 0.29) is 18.2 Å². The standard InChI is InChI=1S/C17H14IN3O2S/c18-12-8-4-5-9-13(12)20-15(22)10-14-16(23)21-17(24-14)19-11-6-2-1-3-7-11/h1-9,14H,10H2,(H,20,22)(H,19,21,23)/t14-/m0/s1. The highest BCUT2D eigenvalue weighted by Gasteiger charge is 2.32. The number of rotatable bonds is 4. The van der Waals surface area contributed by atoms with Crippen LogP contribution in [0.5, 0.6) is 0 Å². The molecule has 1 saturated heterocycles. The van der Waals surface area contributed by atoms with Crippen molar-refractivity contribution in [1.29, 1.82) is 0 Å². The van der Waals surface area contributed by atoms with Crippen LogP contribution in [0, 0.1) is 3.57 Å². The number of carbonyl (C=O) groups excluding carboxylic acids is 2. The second-order valence-corrected chi connectivity index (χ2v) is 7.43. The third-order valence-corrected chi connectivity index (χ3v) is 5.30. The van der Waals surface area contributed by atoms with Crippen LogP contribution >= 0.6 is 34.4 Å². The summed E-state index contributed by atoms with van der Waals surface area (Å²) < 4.78 is 0.957. The minimum absolute atomic E-state index is 0.106. The summed E-state index contributed by atoms with van der Waals surface area (Å²) in [5.74, 6) is -0.375. The van der Waals surface area contributed by atoms with Gasteiger partial charge in [0.2, 0.25) is 11.8 Å². The van der Waals surface area contributed by atoms with E-state index >= 15 is 0 Å². The van der Waals surface area contributed by atoms with Gasteiger partial charge in [0, 0.05) is 9.99 Å². The maximum absolute atomic E-state index is 12.2. The number of benzene rings is 2. The van der Waals surface area contributed by atoms with Crippen molar-refractivity contribution in [3.05, 3.63) is 58.2 Å². The molecule has 0 aromatic heterocycles. The maximum Gasteiger partial charge on any atom is 0.240 e. The van der Waals surface area contributed by atoms with Crippen LogP contribution in [-0.4, -0.2) is 22.2 Å². The van der Waals surface area contributed by atoms with Crippen molar-refractivity contribution < 1.29 is 9.59 Å². The Bertz CT molecular complexity index is 795. The average molecular weight is 451 g/mol. The molecule has 0 unspecified atom stereocenters. The molecular formula is C17H14IN3O2S. The number of anilines is 1. The van der Waals surface area contributed by atoms with Crippen molar-refractivity contribution in [2.75, 3.05) is 5.32 Å². The number of thioether (sulfide) groups is 1. The van der Waals surface area contributed by atoms with Crippen LogP contribution in [0.2, 0.25) is 0 Å². The van der Waals surface area contributed by atoms with Crippen LogP contribution in [0.3, 0.4) is 0 Å². The quantitative estimate of drug-likeness (QED) is 0.699. The molecule has 0 spiro atoms. The fourth-order valence-corrected chi connectivity index (χ4v) is 3.65. The van der Waals surface area contributed by atoms with Gasteiger partial charge in [-0.1, -0.05) is 42.1 Å². The van der Waals surface area contributed by atoms with Crippen molar-refractivity contribution in [2.45, 2.75) is 11.7 Å². The monoisotopic (exact) mass is 451 g/mol. The largest absolute Gasteiger partial charge is 0.325 e. The van der Waals surface area contributed by atoms with Crippen LogP contribution in [0.4, 0.5) is 11.4 Å². The molecule has 1 fully saturated rings. The number of nitrogens with one attached hydrogen (secondary N) is 2. The van der Waals surface area contributed by atoms with Crippen molar-refractivity contribution in [2.24, 2.45) is 4.99 Å². The molecular weight excluding hydrogens is 437 g/mol. The molecule has 2 aromatic rings. The molecule has 122 valence electrons. The Labute approximate surface area is 157 Å². The van der Waals surface area contributed by atoms with Gasteiger partial charge in [-0.05, 0) is 46.9 Å². The van der Waals surface area contributed by atoms with Crippen LogP contribution in [0.15, 0.2) is 59.6 Å². The minimum atomic E-state index is -0.464. The minimum Gasteiger partial charge on any atom is -0.325 e. The Morgan fingerprint density at radius 3 is 2.62 bits per heavy atom. The van der Waals surface area contributed by atoms with Crippen molar-refractivity contribution >= 4 is 62.7 Å². The number of para-hydroxylation sites is 2. The summed E-state index contributed by atoms with van der Waals surface area (Å²) >= 11 is 3.44. The second-order valence-electron chi connectivity index (χ2n) is 5.08. The summed E-state index contributed by atoms with van der Waals surface area (Å²) in [7, 11) is 0. The van der Waals surface area contributed by atoms with E-state index in [1.807, 2.05) is 54.6 Å². The van der Waals surface area contributed by atoms with Gasteiger partial charge >= 0.3 is 0 Å². The van der Waals surface area contributed by atoms with Gasteiger partial charge in [0.05, 0.1) is 11.4 Å². The lowest BCUT2D eigenvalue weighted by Gasteiger charge is -2.08. The number of hydrogen-bond acceptors (Lipinski definition) is 4. The van der Waals surface area contributed by atoms with Crippen LogP contribution in [-0.2, 0) is 9.59 Å². The molecule has 0 radical (unpaired) electrons. The lowest BCUT2D eigenvalue weighted by atomic mass is 10.2. The summed E-state index contributed by atoms with van der Waals surface area (Å²) in [5.41, 5.74) is 1.52. The molecule has 2 amide bonds. The molecule has 2 N–H and O–H groups in total. The van der Waals surface area contributed by atoms with Gasteiger partial charge in [-0.2, -0.15) is 0 Å². The van der Waals surface area contributed by atoms with E-state index in [4.69, 9.17) is 0 Å². The average Bonchev–Trinajstić information content (AvgIpc) is 2.90. The molecule has 0 saturated carbocycles. The zero-order chi connectivity index (χ0) is 16.9. The van der Waals surface area contributed by atoms with Crippen LogP contribution < -0.4 is 10.6 Å². The fraction of sp³-hybridized carbons (Fsp3) is 0.118. The third-order valence-electron chi connectivity index (χ3n) is 3.28. The molecule has 1 atom stereocenters. The van der Waals surface area contributed by atoms with Gasteiger partial charge in [-0.15, -0.1) is 0 Å². The number of halogens is 1. The molecule has 1 aliphatic heterocycles. The molecule has 3 rings (SSSR count). The van der Waals surface area contributed by atoms with Crippen molar-refractivity contribution in [3.8, 4) is 0 Å². The van der Waals surface area contributed by atoms with Crippen molar-refractivity contribution in [1.82, 2.24) is 5.32 Å². The predicted octanol–water partition coefficient (Wildman–Crippen LogP) is 3.54. The Kier molecular flexibility index (Phi) is 5.52. The highest BCUT2D eigenvalue weighted by molar-refractivity contribution is 14.1. The van der Waals surface area contributed by atoms with Gasteiger partial charge in [0.15, 0.2) is 5.17 Å². The zero-order valence-corrected chi connectivity index (χ0v) is 15.5. The number of nitrogens with zero attached hydrogens (tertiary/aromatic N) is 1. The summed E-state index contributed by atoms with van der Waals surface area (Å²) in [6.45, 7) is 0. The fourth-order valence-electron chi connectivity index (χ4n) is 2.14. The van der Waals surface area contributed by atoms with Crippen LogP contribution in [0.25, 0.3) is 0 Å². The molecule has 1 heterocycles. The number of hydrogen-bond donors (Lipinski definition) is 2. The third kappa shape index (κ3) is 4.35. The van der Waals surface area contributed by atoms with E-state index in [1.165, 1.54) is 11.8 Å². The smallest absolute Gasteiger partial charge is 0.240 e. The lowest BCUT2D eigenvalue weighted by Crippen LogP contribution is -2.28. The van der Waals surface area contributed by atoms with E-state index in [9.17, 15) is 9.59 Å². The highest BCUT2D eigenvalue weighted by atomic mass is 127. The zero-order valence-electron chi connectivity index (χ0n) is 12.5. The van der Waals surface area contributed by atoms with Crippen molar-refractivity contribution in [3.63, 3.8) is 0 Å². The van der Waals surface area contributed by atoms with E-state index in [2.05, 4.69) is 38.2 Å². The number of carbonyl (C=O) groups is 2. The van der Waals surface area contributed by atoms with Gasteiger partial charge in [-0.25, -0.2) is 4.99 Å². The molecule has 0 aliphatic carbocycles. The number of amides is 2. The molecule has 7 heteroatoms. The van der Waals surface area contributed by atoms with E-state index in [0.29, 0.717) is 5.17 Å². The first kappa shape index (κ1) is 17.0. The summed E-state index contributed by atoms with van der Waals surface area (Å²) in [4.78, 5) is 28.6. The SMILES string of the molecule is O=C(C[C@@H]1SC(=Nc2ccccc2)NC1=O)Nc1ccccc1I.